The van der Waals surface area contributed by atoms with Gasteiger partial charge in [-0.1, -0.05) is 13.8 Å². The molecule has 1 aliphatic rings. The number of thiazole rings is 1. The van der Waals surface area contributed by atoms with Crippen LogP contribution in [0.25, 0.3) is 0 Å². The van der Waals surface area contributed by atoms with Gasteiger partial charge in [-0.05, 0) is 0 Å². The lowest BCUT2D eigenvalue weighted by atomic mass is 10.2. The number of nitrogens with two attached hydrogens (primary N) is 1. The van der Waals surface area contributed by atoms with Crippen molar-refractivity contribution in [3.63, 3.8) is 0 Å². The van der Waals surface area contributed by atoms with Crippen LogP contribution in [0.5, 0.6) is 0 Å². The number of morpholine rings is 1. The molecule has 0 atom stereocenters. The summed E-state index contributed by atoms with van der Waals surface area (Å²) in [6, 6.07) is 0. The summed E-state index contributed by atoms with van der Waals surface area (Å²) in [6.07, 6.45) is 0. The summed E-state index contributed by atoms with van der Waals surface area (Å²) in [5.74, 6) is 1.07. The minimum Gasteiger partial charge on any atom is -0.378 e. The highest BCUT2D eigenvalue weighted by Gasteiger charge is 2.12. The molecule has 1 aliphatic heterocycles. The Morgan fingerprint density at radius 2 is 2.28 bits per heavy atom. The average molecular weight is 268 g/mol. The van der Waals surface area contributed by atoms with E-state index in [9.17, 15) is 0 Å². The van der Waals surface area contributed by atoms with Crippen LogP contribution < -0.4 is 5.73 Å². The number of rotatable bonds is 3. The van der Waals surface area contributed by atoms with Crippen molar-refractivity contribution < 1.29 is 4.74 Å². The third-order valence-corrected chi connectivity index (χ3v) is 4.00. The van der Waals surface area contributed by atoms with E-state index in [1.165, 1.54) is 0 Å². The first-order valence-electron chi connectivity index (χ1n) is 6.23. The zero-order chi connectivity index (χ0) is 13.0. The Bertz CT molecular complexity index is 410. The second kappa shape index (κ2) is 6.15. The van der Waals surface area contributed by atoms with Gasteiger partial charge in [-0.15, -0.1) is 11.3 Å². The number of hydrogen-bond donors (Lipinski definition) is 1. The molecule has 0 saturated carbocycles. The highest BCUT2D eigenvalue weighted by Crippen LogP contribution is 2.19. The molecule has 6 heteroatoms. The number of hydrogen-bond acceptors (Lipinski definition) is 4. The molecule has 0 aromatic carbocycles. The Morgan fingerprint density at radius 1 is 1.56 bits per heavy atom. The summed E-state index contributed by atoms with van der Waals surface area (Å²) in [6.45, 7) is 7.95. The summed E-state index contributed by atoms with van der Waals surface area (Å²) in [5.41, 5.74) is 6.96. The molecule has 1 aromatic rings. The molecule has 0 bridgehead atoms. The molecule has 0 aliphatic carbocycles. The molecule has 2 N–H and O–H groups in total. The van der Waals surface area contributed by atoms with Crippen molar-refractivity contribution in [2.75, 3.05) is 26.3 Å². The van der Waals surface area contributed by atoms with E-state index in [4.69, 9.17) is 10.5 Å². The topological polar surface area (TPSA) is 63.7 Å². The molecule has 0 radical (unpaired) electrons. The van der Waals surface area contributed by atoms with E-state index in [1.54, 1.807) is 11.3 Å². The third kappa shape index (κ3) is 3.43. The molecule has 2 heterocycles. The van der Waals surface area contributed by atoms with Crippen LogP contribution in [0.3, 0.4) is 0 Å². The van der Waals surface area contributed by atoms with Gasteiger partial charge >= 0.3 is 0 Å². The van der Waals surface area contributed by atoms with Crippen LogP contribution in [0.15, 0.2) is 10.4 Å². The standard InChI is InChI=1S/C12H20N4OS/c1-9(2)11-15-10(8-18-11)7-14-12(13)16-3-5-17-6-4-16/h8-9H,3-7H2,1-2H3,(H2,13,14). The van der Waals surface area contributed by atoms with Crippen LogP contribution >= 0.6 is 11.3 Å². The van der Waals surface area contributed by atoms with Gasteiger partial charge in [-0.3, -0.25) is 0 Å². The summed E-state index contributed by atoms with van der Waals surface area (Å²) >= 11 is 1.69. The van der Waals surface area contributed by atoms with Crippen LogP contribution in [0.2, 0.25) is 0 Å². The predicted octanol–water partition coefficient (Wildman–Crippen LogP) is 1.41. The van der Waals surface area contributed by atoms with Crippen molar-refractivity contribution in [3.05, 3.63) is 16.1 Å². The fraction of sp³-hybridized carbons (Fsp3) is 0.667. The largest absolute Gasteiger partial charge is 0.378 e. The SMILES string of the molecule is CC(C)c1nc(CN=C(N)N2CCOCC2)cs1. The van der Waals surface area contributed by atoms with Crippen molar-refractivity contribution in [2.45, 2.75) is 26.3 Å². The maximum Gasteiger partial charge on any atom is 0.191 e. The molecule has 1 saturated heterocycles. The van der Waals surface area contributed by atoms with Crippen LogP contribution in [-0.4, -0.2) is 42.1 Å². The van der Waals surface area contributed by atoms with E-state index in [0.29, 0.717) is 18.4 Å². The smallest absolute Gasteiger partial charge is 0.191 e. The van der Waals surface area contributed by atoms with Crippen molar-refractivity contribution in [1.82, 2.24) is 9.88 Å². The van der Waals surface area contributed by atoms with Crippen molar-refractivity contribution in [1.29, 1.82) is 0 Å². The number of guanidine groups is 1. The minimum atomic E-state index is 0.476. The minimum absolute atomic E-state index is 0.476. The zero-order valence-corrected chi connectivity index (χ0v) is 11.7. The molecule has 5 nitrogen and oxygen atoms in total. The molecule has 18 heavy (non-hydrogen) atoms. The van der Waals surface area contributed by atoms with E-state index in [0.717, 1.165) is 37.0 Å². The second-order valence-electron chi connectivity index (χ2n) is 4.61. The first-order valence-corrected chi connectivity index (χ1v) is 7.11. The van der Waals surface area contributed by atoms with Crippen LogP contribution in [0, 0.1) is 0 Å². The zero-order valence-electron chi connectivity index (χ0n) is 10.9. The molecule has 2 rings (SSSR count). The third-order valence-electron chi connectivity index (χ3n) is 2.80. The van der Waals surface area contributed by atoms with E-state index < -0.39 is 0 Å². The van der Waals surface area contributed by atoms with Gasteiger partial charge in [-0.25, -0.2) is 9.98 Å². The molecule has 0 amide bonds. The highest BCUT2D eigenvalue weighted by molar-refractivity contribution is 7.09. The molecule has 0 spiro atoms. The van der Waals surface area contributed by atoms with Gasteiger partial charge in [0.2, 0.25) is 0 Å². The molecule has 100 valence electrons. The van der Waals surface area contributed by atoms with E-state index in [-0.39, 0.29) is 0 Å². The van der Waals surface area contributed by atoms with Crippen LogP contribution in [0.1, 0.15) is 30.5 Å². The quantitative estimate of drug-likeness (QED) is 0.665. The first-order chi connectivity index (χ1) is 8.66. The Hall–Kier alpha value is -1.14. The molecule has 1 fully saturated rings. The Balaban J connectivity index is 1.91. The fourth-order valence-electron chi connectivity index (χ4n) is 1.71. The number of nitrogens with zero attached hydrogens (tertiary/aromatic N) is 3. The van der Waals surface area contributed by atoms with Gasteiger partial charge < -0.3 is 15.4 Å². The fourth-order valence-corrected chi connectivity index (χ4v) is 2.54. The van der Waals surface area contributed by atoms with E-state index in [2.05, 4.69) is 34.1 Å². The van der Waals surface area contributed by atoms with Crippen LogP contribution in [0.4, 0.5) is 0 Å². The monoisotopic (exact) mass is 268 g/mol. The Morgan fingerprint density at radius 3 is 2.89 bits per heavy atom. The van der Waals surface area contributed by atoms with Gasteiger partial charge in [0.25, 0.3) is 0 Å². The van der Waals surface area contributed by atoms with Crippen molar-refractivity contribution in [3.8, 4) is 0 Å². The number of ether oxygens (including phenoxy) is 1. The van der Waals surface area contributed by atoms with Crippen LogP contribution in [-0.2, 0) is 11.3 Å². The summed E-state index contributed by atoms with van der Waals surface area (Å²) < 4.78 is 5.28. The summed E-state index contributed by atoms with van der Waals surface area (Å²) in [5, 5.41) is 3.22. The lowest BCUT2D eigenvalue weighted by Crippen LogP contribution is -2.44. The Kier molecular flexibility index (Phi) is 4.54. The average Bonchev–Trinajstić information content (AvgIpc) is 2.86. The molecular formula is C12H20N4OS. The van der Waals surface area contributed by atoms with Gasteiger partial charge in [0.1, 0.15) is 0 Å². The normalized spacial score (nSPS) is 17.5. The summed E-state index contributed by atoms with van der Waals surface area (Å²) in [4.78, 5) is 11.0. The highest BCUT2D eigenvalue weighted by atomic mass is 32.1. The van der Waals surface area contributed by atoms with Gasteiger partial charge in [0, 0.05) is 24.4 Å². The van der Waals surface area contributed by atoms with E-state index in [1.807, 2.05) is 0 Å². The molecule has 0 unspecified atom stereocenters. The van der Waals surface area contributed by atoms with Crippen molar-refractivity contribution in [2.24, 2.45) is 10.7 Å². The maximum atomic E-state index is 5.96. The lowest BCUT2D eigenvalue weighted by Gasteiger charge is -2.27. The number of aliphatic imine (C=N–C) groups is 1. The van der Waals surface area contributed by atoms with E-state index >= 15 is 0 Å². The maximum absolute atomic E-state index is 5.96. The number of aromatic nitrogens is 1. The lowest BCUT2D eigenvalue weighted by molar-refractivity contribution is 0.0674. The predicted molar refractivity (Wildman–Crippen MR) is 73.9 cm³/mol. The van der Waals surface area contributed by atoms with Gasteiger partial charge in [0.15, 0.2) is 5.96 Å². The first kappa shape index (κ1) is 13.3. The van der Waals surface area contributed by atoms with Gasteiger partial charge in [-0.2, -0.15) is 0 Å². The summed E-state index contributed by atoms with van der Waals surface area (Å²) in [7, 11) is 0. The Labute approximate surface area is 112 Å². The molecular weight excluding hydrogens is 248 g/mol. The van der Waals surface area contributed by atoms with Gasteiger partial charge in [0.05, 0.1) is 30.5 Å². The second-order valence-corrected chi connectivity index (χ2v) is 5.50. The van der Waals surface area contributed by atoms with Crippen molar-refractivity contribution >= 4 is 17.3 Å². The molecule has 1 aromatic heterocycles.